The van der Waals surface area contributed by atoms with Crippen molar-refractivity contribution in [3.05, 3.63) is 59.2 Å². The molecule has 0 atom stereocenters. The van der Waals surface area contributed by atoms with Crippen molar-refractivity contribution in [3.63, 3.8) is 0 Å². The van der Waals surface area contributed by atoms with E-state index in [0.717, 1.165) is 47.3 Å². The molecule has 0 spiro atoms. The second-order valence-corrected chi connectivity index (χ2v) is 7.78. The summed E-state index contributed by atoms with van der Waals surface area (Å²) >= 11 is 0. The van der Waals surface area contributed by atoms with Crippen LogP contribution >= 0.6 is 0 Å². The normalized spacial score (nSPS) is 16.8. The van der Waals surface area contributed by atoms with Gasteiger partial charge in [-0.15, -0.1) is 0 Å². The minimum atomic E-state index is -0.261. The Morgan fingerprint density at radius 2 is 1.79 bits per heavy atom. The van der Waals surface area contributed by atoms with E-state index in [9.17, 15) is 9.59 Å². The molecule has 3 amide bonds. The number of anilines is 2. The van der Waals surface area contributed by atoms with Gasteiger partial charge in [0.25, 0.3) is 0 Å². The minimum Gasteiger partial charge on any atom is -0.381 e. The van der Waals surface area contributed by atoms with E-state index in [2.05, 4.69) is 10.6 Å². The molecule has 2 aliphatic heterocycles. The summed E-state index contributed by atoms with van der Waals surface area (Å²) in [4.78, 5) is 27.2. The number of nitrogens with zero attached hydrogens (tertiary/aromatic N) is 1. The van der Waals surface area contributed by atoms with Gasteiger partial charge in [-0.3, -0.25) is 4.79 Å². The van der Waals surface area contributed by atoms with Crippen LogP contribution in [-0.4, -0.2) is 36.6 Å². The zero-order valence-electron chi connectivity index (χ0n) is 16.7. The molecule has 2 aromatic rings. The molecular weight excluding hydrogens is 366 g/mol. The summed E-state index contributed by atoms with van der Waals surface area (Å²) in [6.45, 7) is 4.63. The Bertz CT molecular complexity index is 889. The summed E-state index contributed by atoms with van der Waals surface area (Å²) in [5.74, 6) is 0.307. The van der Waals surface area contributed by atoms with E-state index in [1.807, 2.05) is 54.3 Å². The fourth-order valence-corrected chi connectivity index (χ4v) is 4.04. The van der Waals surface area contributed by atoms with Crippen LogP contribution in [0, 0.1) is 12.8 Å². The number of carbonyl (C=O) groups excluding carboxylic acids is 2. The van der Waals surface area contributed by atoms with E-state index in [-0.39, 0.29) is 17.9 Å². The largest absolute Gasteiger partial charge is 0.381 e. The van der Waals surface area contributed by atoms with Crippen molar-refractivity contribution in [1.29, 1.82) is 0 Å². The Morgan fingerprint density at radius 1 is 1.03 bits per heavy atom. The molecule has 0 aliphatic carbocycles. The molecule has 0 unspecified atom stereocenters. The number of ether oxygens (including phenoxy) is 1. The molecule has 4 rings (SSSR count). The highest BCUT2D eigenvalue weighted by Gasteiger charge is 2.29. The van der Waals surface area contributed by atoms with E-state index in [4.69, 9.17) is 4.74 Å². The highest BCUT2D eigenvalue weighted by molar-refractivity contribution is 6.00. The summed E-state index contributed by atoms with van der Waals surface area (Å²) < 4.78 is 5.38. The zero-order chi connectivity index (χ0) is 20.2. The maximum Gasteiger partial charge on any atom is 0.323 e. The van der Waals surface area contributed by atoms with Crippen LogP contribution in [0.4, 0.5) is 16.2 Å². The van der Waals surface area contributed by atoms with Crippen molar-refractivity contribution in [2.24, 2.45) is 5.92 Å². The molecule has 6 heteroatoms. The topological polar surface area (TPSA) is 70.7 Å². The zero-order valence-corrected chi connectivity index (χ0v) is 16.7. The predicted molar refractivity (Wildman–Crippen MR) is 113 cm³/mol. The summed E-state index contributed by atoms with van der Waals surface area (Å²) in [6, 6.07) is 13.3. The van der Waals surface area contributed by atoms with Crippen LogP contribution < -0.4 is 10.6 Å². The van der Waals surface area contributed by atoms with Crippen LogP contribution in [0.2, 0.25) is 0 Å². The first-order valence-corrected chi connectivity index (χ1v) is 10.2. The van der Waals surface area contributed by atoms with Crippen LogP contribution in [0.25, 0.3) is 0 Å². The van der Waals surface area contributed by atoms with E-state index >= 15 is 0 Å². The van der Waals surface area contributed by atoms with Crippen molar-refractivity contribution >= 4 is 23.3 Å². The van der Waals surface area contributed by atoms with Gasteiger partial charge in [-0.05, 0) is 55.5 Å². The van der Waals surface area contributed by atoms with Crippen molar-refractivity contribution in [1.82, 2.24) is 4.90 Å². The van der Waals surface area contributed by atoms with E-state index in [1.54, 1.807) is 0 Å². The van der Waals surface area contributed by atoms with Gasteiger partial charge in [0.05, 0.1) is 0 Å². The maximum atomic E-state index is 12.8. The molecular formula is C23H27N3O3. The van der Waals surface area contributed by atoms with Gasteiger partial charge in [0.15, 0.2) is 0 Å². The molecule has 0 saturated carbocycles. The maximum absolute atomic E-state index is 12.8. The smallest absolute Gasteiger partial charge is 0.323 e. The first-order chi connectivity index (χ1) is 14.1. The van der Waals surface area contributed by atoms with Crippen molar-refractivity contribution in [3.8, 4) is 0 Å². The highest BCUT2D eigenvalue weighted by atomic mass is 16.5. The number of hydrogen-bond acceptors (Lipinski definition) is 3. The number of benzene rings is 2. The van der Waals surface area contributed by atoms with E-state index < -0.39 is 0 Å². The molecule has 2 aromatic carbocycles. The number of hydrogen-bond donors (Lipinski definition) is 2. The highest BCUT2D eigenvalue weighted by Crippen LogP contribution is 2.28. The van der Waals surface area contributed by atoms with E-state index in [0.29, 0.717) is 26.3 Å². The molecule has 0 bridgehead atoms. The molecule has 2 heterocycles. The second kappa shape index (κ2) is 8.66. The lowest BCUT2D eigenvalue weighted by Crippen LogP contribution is -2.41. The lowest BCUT2D eigenvalue weighted by molar-refractivity contribution is -0.139. The Balaban J connectivity index is 1.42. The molecule has 6 nitrogen and oxygen atoms in total. The van der Waals surface area contributed by atoms with Crippen LogP contribution in [0.3, 0.4) is 0 Å². The molecule has 0 aromatic heterocycles. The molecule has 152 valence electrons. The summed E-state index contributed by atoms with van der Waals surface area (Å²) in [5, 5.41) is 5.84. The molecule has 2 aliphatic rings. The van der Waals surface area contributed by atoms with Gasteiger partial charge in [0, 0.05) is 43.6 Å². The molecule has 0 radical (unpaired) electrons. The minimum absolute atomic E-state index is 0.0758. The van der Waals surface area contributed by atoms with Gasteiger partial charge in [0.1, 0.15) is 0 Å². The first-order valence-electron chi connectivity index (χ1n) is 10.2. The molecule has 2 N–H and O–H groups in total. The fraction of sp³-hybridized carbons (Fsp3) is 0.391. The quantitative estimate of drug-likeness (QED) is 0.829. The van der Waals surface area contributed by atoms with Crippen molar-refractivity contribution < 1.29 is 14.3 Å². The molecule has 29 heavy (non-hydrogen) atoms. The predicted octanol–water partition coefficient (Wildman–Crippen LogP) is 3.95. The van der Waals surface area contributed by atoms with Crippen LogP contribution in [0.15, 0.2) is 42.5 Å². The van der Waals surface area contributed by atoms with Gasteiger partial charge in [-0.25, -0.2) is 4.79 Å². The lowest BCUT2D eigenvalue weighted by atomic mass is 9.94. The Kier molecular flexibility index (Phi) is 5.81. The number of aryl methyl sites for hydroxylation is 1. The summed E-state index contributed by atoms with van der Waals surface area (Å²) in [6.07, 6.45) is 2.36. The second-order valence-electron chi connectivity index (χ2n) is 7.78. The average molecular weight is 393 g/mol. The van der Waals surface area contributed by atoms with E-state index in [1.165, 1.54) is 0 Å². The van der Waals surface area contributed by atoms with Crippen molar-refractivity contribution in [2.45, 2.75) is 32.7 Å². The Morgan fingerprint density at radius 3 is 2.55 bits per heavy atom. The van der Waals surface area contributed by atoms with Gasteiger partial charge in [0.2, 0.25) is 5.91 Å². The fourth-order valence-electron chi connectivity index (χ4n) is 4.04. The van der Waals surface area contributed by atoms with Gasteiger partial charge < -0.3 is 20.3 Å². The Labute approximate surface area is 171 Å². The molecule has 1 saturated heterocycles. The number of amides is 3. The summed E-state index contributed by atoms with van der Waals surface area (Å²) in [5.41, 5.74) is 4.93. The number of rotatable bonds is 3. The number of fused-ring (bicyclic) bond motifs is 1. The molecule has 1 fully saturated rings. The van der Waals surface area contributed by atoms with Gasteiger partial charge in [-0.2, -0.15) is 0 Å². The third-order valence-corrected chi connectivity index (χ3v) is 5.71. The van der Waals surface area contributed by atoms with Crippen molar-refractivity contribution in [2.75, 3.05) is 30.4 Å². The van der Waals surface area contributed by atoms with Crippen LogP contribution in [0.1, 0.15) is 29.5 Å². The number of nitrogens with one attached hydrogen (secondary N) is 2. The summed E-state index contributed by atoms with van der Waals surface area (Å²) in [7, 11) is 0. The van der Waals surface area contributed by atoms with Crippen LogP contribution in [-0.2, 0) is 22.5 Å². The lowest BCUT2D eigenvalue weighted by Gasteiger charge is -2.33. The average Bonchev–Trinajstić information content (AvgIpc) is 2.75. The third kappa shape index (κ3) is 4.59. The van der Waals surface area contributed by atoms with Crippen LogP contribution in [0.5, 0.6) is 0 Å². The standard InChI is InChI=1S/C23H27N3O3/c1-16-5-7-19(8-6-16)24-23(28)25-21-4-2-3-18-15-26(12-9-20(18)21)22(27)17-10-13-29-14-11-17/h2-8,17H,9-15H2,1H3,(H2,24,25,28). The SMILES string of the molecule is Cc1ccc(NC(=O)Nc2cccc3c2CCN(C(=O)C2CCOCC2)C3)cc1. The third-order valence-electron chi connectivity index (χ3n) is 5.71. The number of carbonyl (C=O) groups is 2. The Hall–Kier alpha value is -2.86. The first kappa shape index (κ1) is 19.5. The van der Waals surface area contributed by atoms with Gasteiger partial charge >= 0.3 is 6.03 Å². The monoisotopic (exact) mass is 393 g/mol. The number of urea groups is 1. The van der Waals surface area contributed by atoms with Gasteiger partial charge in [-0.1, -0.05) is 29.8 Å².